The molecule has 2 amide bonds. The summed E-state index contributed by atoms with van der Waals surface area (Å²) in [6, 6.07) is 11.2. The van der Waals surface area contributed by atoms with E-state index in [1.54, 1.807) is 6.20 Å². The van der Waals surface area contributed by atoms with Gasteiger partial charge in [0.2, 0.25) is 0 Å². The fourth-order valence-electron chi connectivity index (χ4n) is 2.78. The lowest BCUT2D eigenvalue weighted by molar-refractivity contribution is 0.210. The summed E-state index contributed by atoms with van der Waals surface area (Å²) in [5.74, 6) is 0.860. The Labute approximate surface area is 142 Å². The van der Waals surface area contributed by atoms with Gasteiger partial charge in [0, 0.05) is 24.1 Å². The molecule has 0 saturated heterocycles. The molecule has 0 bridgehead atoms. The number of urea groups is 1. The highest BCUT2D eigenvalue weighted by Gasteiger charge is 2.16. The van der Waals surface area contributed by atoms with Crippen molar-refractivity contribution in [2.24, 2.45) is 0 Å². The number of amides is 2. The van der Waals surface area contributed by atoms with Crippen LogP contribution in [0.2, 0.25) is 0 Å². The number of carbonyl (C=O) groups is 1. The molecule has 0 spiro atoms. The molecule has 1 heterocycles. The van der Waals surface area contributed by atoms with Crippen LogP contribution in [0.25, 0.3) is 0 Å². The molecule has 1 aliphatic rings. The minimum absolute atomic E-state index is 0.236. The largest absolute Gasteiger partial charge is 0.490 e. The van der Waals surface area contributed by atoms with Crippen molar-refractivity contribution in [2.75, 3.05) is 5.32 Å². The molecule has 0 radical (unpaired) electrons. The van der Waals surface area contributed by atoms with E-state index in [9.17, 15) is 4.79 Å². The molecule has 1 aliphatic carbocycles. The molecule has 5 heteroatoms. The van der Waals surface area contributed by atoms with Gasteiger partial charge in [-0.1, -0.05) is 6.07 Å². The SMILES string of the molecule is Cc1ccc(CNC(=O)Nc2ccc(OC3CCCC3)cc2)cn1. The standard InChI is InChI=1S/C19H23N3O2/c1-14-6-7-15(12-20-14)13-21-19(23)22-16-8-10-18(11-9-16)24-17-4-2-3-5-17/h6-12,17H,2-5,13H2,1H3,(H2,21,22,23). The van der Waals surface area contributed by atoms with Crippen LogP contribution in [0.5, 0.6) is 5.75 Å². The van der Waals surface area contributed by atoms with Crippen LogP contribution in [-0.2, 0) is 6.54 Å². The molecule has 0 unspecified atom stereocenters. The van der Waals surface area contributed by atoms with Crippen LogP contribution in [0.3, 0.4) is 0 Å². The number of benzene rings is 1. The summed E-state index contributed by atoms with van der Waals surface area (Å²) in [7, 11) is 0. The second-order valence-corrected chi connectivity index (χ2v) is 6.16. The highest BCUT2D eigenvalue weighted by molar-refractivity contribution is 5.89. The summed E-state index contributed by atoms with van der Waals surface area (Å²) >= 11 is 0. The molecule has 1 aromatic carbocycles. The number of carbonyl (C=O) groups excluding carboxylic acids is 1. The molecule has 3 rings (SSSR count). The van der Waals surface area contributed by atoms with E-state index in [0.717, 1.165) is 35.5 Å². The smallest absolute Gasteiger partial charge is 0.319 e. The van der Waals surface area contributed by atoms with Gasteiger partial charge >= 0.3 is 6.03 Å². The Morgan fingerprint density at radius 1 is 1.17 bits per heavy atom. The molecule has 0 aliphatic heterocycles. The highest BCUT2D eigenvalue weighted by Crippen LogP contribution is 2.24. The Bertz CT molecular complexity index is 662. The predicted octanol–water partition coefficient (Wildman–Crippen LogP) is 4.03. The Morgan fingerprint density at radius 2 is 1.92 bits per heavy atom. The molecule has 24 heavy (non-hydrogen) atoms. The van der Waals surface area contributed by atoms with E-state index in [1.165, 1.54) is 12.8 Å². The number of hydrogen-bond donors (Lipinski definition) is 2. The van der Waals surface area contributed by atoms with Crippen LogP contribution >= 0.6 is 0 Å². The average molecular weight is 325 g/mol. The van der Waals surface area contributed by atoms with Crippen molar-refractivity contribution in [3.8, 4) is 5.75 Å². The number of aryl methyl sites for hydroxylation is 1. The van der Waals surface area contributed by atoms with Crippen molar-refractivity contribution in [1.29, 1.82) is 0 Å². The van der Waals surface area contributed by atoms with E-state index in [-0.39, 0.29) is 6.03 Å². The molecule has 126 valence electrons. The van der Waals surface area contributed by atoms with Gasteiger partial charge in [0.15, 0.2) is 0 Å². The Hall–Kier alpha value is -2.56. The van der Waals surface area contributed by atoms with Crippen molar-refractivity contribution in [1.82, 2.24) is 10.3 Å². The minimum Gasteiger partial charge on any atom is -0.490 e. The summed E-state index contributed by atoms with van der Waals surface area (Å²) < 4.78 is 5.91. The van der Waals surface area contributed by atoms with Crippen LogP contribution in [0, 0.1) is 6.92 Å². The van der Waals surface area contributed by atoms with Gasteiger partial charge in [-0.3, -0.25) is 4.98 Å². The normalized spacial score (nSPS) is 14.4. The molecular formula is C19H23N3O2. The third-order valence-electron chi connectivity index (χ3n) is 4.14. The van der Waals surface area contributed by atoms with Gasteiger partial charge in [0.05, 0.1) is 6.10 Å². The number of anilines is 1. The van der Waals surface area contributed by atoms with Crippen LogP contribution in [0.15, 0.2) is 42.6 Å². The van der Waals surface area contributed by atoms with Gasteiger partial charge in [-0.25, -0.2) is 4.79 Å². The molecular weight excluding hydrogens is 302 g/mol. The van der Waals surface area contributed by atoms with Crippen molar-refractivity contribution < 1.29 is 9.53 Å². The fourth-order valence-corrected chi connectivity index (χ4v) is 2.78. The minimum atomic E-state index is -0.236. The lowest BCUT2D eigenvalue weighted by Crippen LogP contribution is -2.28. The second kappa shape index (κ2) is 7.81. The first-order valence-electron chi connectivity index (χ1n) is 8.42. The molecule has 2 aromatic rings. The number of nitrogens with zero attached hydrogens (tertiary/aromatic N) is 1. The second-order valence-electron chi connectivity index (χ2n) is 6.16. The third kappa shape index (κ3) is 4.72. The number of hydrogen-bond acceptors (Lipinski definition) is 3. The first-order chi connectivity index (χ1) is 11.7. The van der Waals surface area contributed by atoms with Gasteiger partial charge in [0.25, 0.3) is 0 Å². The van der Waals surface area contributed by atoms with Gasteiger partial charge < -0.3 is 15.4 Å². The van der Waals surface area contributed by atoms with E-state index in [1.807, 2.05) is 43.3 Å². The zero-order valence-corrected chi connectivity index (χ0v) is 13.9. The zero-order valence-electron chi connectivity index (χ0n) is 13.9. The van der Waals surface area contributed by atoms with Gasteiger partial charge in [-0.05, 0) is 68.5 Å². The molecule has 2 N–H and O–H groups in total. The van der Waals surface area contributed by atoms with E-state index in [4.69, 9.17) is 4.74 Å². The Balaban J connectivity index is 1.46. The molecule has 1 fully saturated rings. The van der Waals surface area contributed by atoms with Crippen LogP contribution in [-0.4, -0.2) is 17.1 Å². The Morgan fingerprint density at radius 3 is 2.58 bits per heavy atom. The third-order valence-corrected chi connectivity index (χ3v) is 4.14. The summed E-state index contributed by atoms with van der Waals surface area (Å²) in [6.45, 7) is 2.38. The zero-order chi connectivity index (χ0) is 16.8. The van der Waals surface area contributed by atoms with E-state index < -0.39 is 0 Å². The number of pyridine rings is 1. The summed E-state index contributed by atoms with van der Waals surface area (Å²) in [5.41, 5.74) is 2.67. The topological polar surface area (TPSA) is 63.2 Å². The maximum absolute atomic E-state index is 11.9. The first kappa shape index (κ1) is 16.3. The highest BCUT2D eigenvalue weighted by atomic mass is 16.5. The summed E-state index contributed by atoms with van der Waals surface area (Å²) in [5, 5.41) is 5.64. The average Bonchev–Trinajstić information content (AvgIpc) is 3.09. The van der Waals surface area contributed by atoms with E-state index in [0.29, 0.717) is 12.6 Å². The van der Waals surface area contributed by atoms with Crippen molar-refractivity contribution in [3.05, 3.63) is 53.9 Å². The Kier molecular flexibility index (Phi) is 5.31. The first-order valence-corrected chi connectivity index (χ1v) is 8.42. The summed E-state index contributed by atoms with van der Waals surface area (Å²) in [6.07, 6.45) is 6.88. The molecule has 1 aromatic heterocycles. The van der Waals surface area contributed by atoms with E-state index in [2.05, 4.69) is 15.6 Å². The summed E-state index contributed by atoms with van der Waals surface area (Å²) in [4.78, 5) is 16.1. The quantitative estimate of drug-likeness (QED) is 0.872. The lowest BCUT2D eigenvalue weighted by Gasteiger charge is -2.13. The van der Waals surface area contributed by atoms with Crippen LogP contribution < -0.4 is 15.4 Å². The van der Waals surface area contributed by atoms with Crippen LogP contribution in [0.4, 0.5) is 10.5 Å². The van der Waals surface area contributed by atoms with Crippen molar-refractivity contribution in [3.63, 3.8) is 0 Å². The fraction of sp³-hybridized carbons (Fsp3) is 0.368. The van der Waals surface area contributed by atoms with Gasteiger partial charge in [-0.2, -0.15) is 0 Å². The predicted molar refractivity (Wildman–Crippen MR) is 94.2 cm³/mol. The van der Waals surface area contributed by atoms with Crippen molar-refractivity contribution in [2.45, 2.75) is 45.3 Å². The molecule has 1 saturated carbocycles. The number of rotatable bonds is 5. The van der Waals surface area contributed by atoms with E-state index >= 15 is 0 Å². The molecule has 5 nitrogen and oxygen atoms in total. The maximum Gasteiger partial charge on any atom is 0.319 e. The number of ether oxygens (including phenoxy) is 1. The van der Waals surface area contributed by atoms with Crippen molar-refractivity contribution >= 4 is 11.7 Å². The maximum atomic E-state index is 11.9. The lowest BCUT2D eigenvalue weighted by atomic mass is 10.2. The van der Waals surface area contributed by atoms with Gasteiger partial charge in [0.1, 0.15) is 5.75 Å². The van der Waals surface area contributed by atoms with Gasteiger partial charge in [-0.15, -0.1) is 0 Å². The number of aromatic nitrogens is 1. The van der Waals surface area contributed by atoms with Crippen LogP contribution in [0.1, 0.15) is 36.9 Å². The molecule has 0 atom stereocenters. The monoisotopic (exact) mass is 325 g/mol. The number of nitrogens with one attached hydrogen (secondary N) is 2.